The second-order valence-corrected chi connectivity index (χ2v) is 5.67. The van der Waals surface area contributed by atoms with Crippen LogP contribution in [0, 0.1) is 18.3 Å². The van der Waals surface area contributed by atoms with Gasteiger partial charge in [-0.3, -0.25) is 9.59 Å². The van der Waals surface area contributed by atoms with Gasteiger partial charge in [-0.05, 0) is 37.5 Å². The van der Waals surface area contributed by atoms with Crippen molar-refractivity contribution in [3.05, 3.63) is 29.3 Å². The van der Waals surface area contributed by atoms with E-state index >= 15 is 0 Å². The Morgan fingerprint density at radius 3 is 2.68 bits per heavy atom. The van der Waals surface area contributed by atoms with E-state index in [0.717, 1.165) is 31.2 Å². The fourth-order valence-corrected chi connectivity index (χ4v) is 2.79. The summed E-state index contributed by atoms with van der Waals surface area (Å²) in [5.74, 6) is -0.462. The van der Waals surface area contributed by atoms with Crippen molar-refractivity contribution in [3.63, 3.8) is 0 Å². The summed E-state index contributed by atoms with van der Waals surface area (Å²) in [4.78, 5) is 23.9. The van der Waals surface area contributed by atoms with Crippen LogP contribution in [0.3, 0.4) is 0 Å². The third-order valence-electron chi connectivity index (χ3n) is 4.03. The van der Waals surface area contributed by atoms with Crippen molar-refractivity contribution in [1.82, 2.24) is 5.32 Å². The lowest BCUT2D eigenvalue weighted by Gasteiger charge is -2.23. The lowest BCUT2D eigenvalue weighted by molar-refractivity contribution is -0.115. The van der Waals surface area contributed by atoms with E-state index in [0.29, 0.717) is 11.3 Å². The first kappa shape index (κ1) is 16.0. The first-order valence-electron chi connectivity index (χ1n) is 7.69. The van der Waals surface area contributed by atoms with Crippen molar-refractivity contribution in [3.8, 4) is 6.07 Å². The summed E-state index contributed by atoms with van der Waals surface area (Å²) < 4.78 is 0. The van der Waals surface area contributed by atoms with Crippen LogP contribution in [0.1, 0.15) is 54.4 Å². The van der Waals surface area contributed by atoms with E-state index in [9.17, 15) is 9.59 Å². The van der Waals surface area contributed by atoms with Gasteiger partial charge >= 0.3 is 0 Å². The number of nitrogens with zero attached hydrogens (tertiary/aromatic N) is 1. The third-order valence-corrected chi connectivity index (χ3v) is 4.03. The number of rotatable bonds is 4. The Labute approximate surface area is 130 Å². The van der Waals surface area contributed by atoms with E-state index in [1.54, 1.807) is 25.1 Å². The number of carbonyl (C=O) groups is 2. The van der Waals surface area contributed by atoms with E-state index in [1.807, 2.05) is 6.07 Å². The molecule has 0 saturated heterocycles. The molecular weight excluding hydrogens is 278 g/mol. The summed E-state index contributed by atoms with van der Waals surface area (Å²) in [6.07, 6.45) is 5.43. The van der Waals surface area contributed by atoms with E-state index in [2.05, 4.69) is 10.6 Å². The molecule has 2 amide bonds. The van der Waals surface area contributed by atoms with Crippen LogP contribution >= 0.6 is 0 Å². The van der Waals surface area contributed by atoms with E-state index in [-0.39, 0.29) is 24.3 Å². The topological polar surface area (TPSA) is 82.0 Å². The molecule has 1 aromatic rings. The quantitative estimate of drug-likeness (QED) is 0.896. The van der Waals surface area contributed by atoms with Crippen LogP contribution in [0.15, 0.2) is 18.2 Å². The summed E-state index contributed by atoms with van der Waals surface area (Å²) in [5, 5.41) is 14.3. The van der Waals surface area contributed by atoms with Gasteiger partial charge in [-0.15, -0.1) is 0 Å². The predicted octanol–water partition coefficient (Wildman–Crippen LogP) is 2.91. The number of amides is 2. The van der Waals surface area contributed by atoms with Gasteiger partial charge in [-0.1, -0.05) is 25.3 Å². The van der Waals surface area contributed by atoms with Crippen LogP contribution in [0.5, 0.6) is 0 Å². The molecular formula is C17H21N3O2. The van der Waals surface area contributed by atoms with Crippen molar-refractivity contribution < 1.29 is 9.59 Å². The van der Waals surface area contributed by atoms with Crippen LogP contribution in [0.2, 0.25) is 0 Å². The highest BCUT2D eigenvalue weighted by atomic mass is 16.2. The van der Waals surface area contributed by atoms with Gasteiger partial charge in [0.15, 0.2) is 0 Å². The highest BCUT2D eigenvalue weighted by Gasteiger charge is 2.18. The summed E-state index contributed by atoms with van der Waals surface area (Å²) in [7, 11) is 0. The van der Waals surface area contributed by atoms with Crippen LogP contribution in [-0.4, -0.2) is 17.9 Å². The zero-order valence-corrected chi connectivity index (χ0v) is 12.8. The second kappa shape index (κ2) is 7.60. The number of hydrogen-bond donors (Lipinski definition) is 2. The molecule has 0 radical (unpaired) electrons. The Morgan fingerprint density at radius 2 is 2.00 bits per heavy atom. The molecule has 22 heavy (non-hydrogen) atoms. The lowest BCUT2D eigenvalue weighted by atomic mass is 9.95. The van der Waals surface area contributed by atoms with Crippen LogP contribution in [0.25, 0.3) is 0 Å². The number of hydrogen-bond acceptors (Lipinski definition) is 3. The third kappa shape index (κ3) is 4.08. The molecule has 0 aromatic heterocycles. The molecule has 5 heteroatoms. The SMILES string of the molecule is Cc1c(NC(=O)CC#N)cccc1C(=O)NC1CCCCC1. The summed E-state index contributed by atoms with van der Waals surface area (Å²) >= 11 is 0. The Hall–Kier alpha value is -2.35. The standard InChI is InChI=1S/C17H21N3O2/c1-12-14(17(22)19-13-6-3-2-4-7-13)8-5-9-15(12)20-16(21)10-11-18/h5,8-9,13H,2-4,6-7,10H2,1H3,(H,19,22)(H,20,21). The Bertz CT molecular complexity index is 598. The molecule has 1 aliphatic rings. The number of carbonyl (C=O) groups excluding carboxylic acids is 2. The number of benzene rings is 1. The second-order valence-electron chi connectivity index (χ2n) is 5.67. The maximum Gasteiger partial charge on any atom is 0.251 e. The zero-order chi connectivity index (χ0) is 15.9. The first-order chi connectivity index (χ1) is 10.6. The molecule has 116 valence electrons. The minimum Gasteiger partial charge on any atom is -0.349 e. The molecule has 0 heterocycles. The molecule has 0 aliphatic heterocycles. The molecule has 2 N–H and O–H groups in total. The van der Waals surface area contributed by atoms with Gasteiger partial charge in [0.25, 0.3) is 5.91 Å². The van der Waals surface area contributed by atoms with Crippen molar-refractivity contribution in [2.75, 3.05) is 5.32 Å². The molecule has 1 aromatic carbocycles. The van der Waals surface area contributed by atoms with Gasteiger partial charge in [-0.2, -0.15) is 5.26 Å². The summed E-state index contributed by atoms with van der Waals surface area (Å²) in [6, 6.07) is 7.29. The van der Waals surface area contributed by atoms with Gasteiger partial charge in [-0.25, -0.2) is 0 Å². The molecule has 0 bridgehead atoms. The zero-order valence-electron chi connectivity index (χ0n) is 12.8. The highest BCUT2D eigenvalue weighted by Crippen LogP contribution is 2.21. The molecule has 5 nitrogen and oxygen atoms in total. The van der Waals surface area contributed by atoms with Gasteiger partial charge in [0, 0.05) is 17.3 Å². The molecule has 1 aliphatic carbocycles. The average Bonchev–Trinajstić information content (AvgIpc) is 2.50. The Morgan fingerprint density at radius 1 is 1.27 bits per heavy atom. The van der Waals surface area contributed by atoms with E-state index < -0.39 is 0 Å². The monoisotopic (exact) mass is 299 g/mol. The molecule has 0 unspecified atom stereocenters. The summed E-state index contributed by atoms with van der Waals surface area (Å²) in [6.45, 7) is 1.80. The average molecular weight is 299 g/mol. The first-order valence-corrected chi connectivity index (χ1v) is 7.69. The summed E-state index contributed by atoms with van der Waals surface area (Å²) in [5.41, 5.74) is 1.87. The van der Waals surface area contributed by atoms with Crippen LogP contribution in [-0.2, 0) is 4.79 Å². The number of anilines is 1. The van der Waals surface area contributed by atoms with Gasteiger partial charge < -0.3 is 10.6 Å². The molecule has 1 fully saturated rings. The number of nitrogens with one attached hydrogen (secondary N) is 2. The molecule has 0 atom stereocenters. The largest absolute Gasteiger partial charge is 0.349 e. The van der Waals surface area contributed by atoms with Crippen LogP contribution in [0.4, 0.5) is 5.69 Å². The minimum atomic E-state index is -0.365. The van der Waals surface area contributed by atoms with Crippen LogP contribution < -0.4 is 10.6 Å². The smallest absolute Gasteiger partial charge is 0.251 e. The van der Waals surface area contributed by atoms with Gasteiger partial charge in [0.05, 0.1) is 6.07 Å². The highest BCUT2D eigenvalue weighted by molar-refractivity contribution is 5.99. The number of nitriles is 1. The Balaban J connectivity index is 2.08. The fourth-order valence-electron chi connectivity index (χ4n) is 2.79. The predicted molar refractivity (Wildman–Crippen MR) is 84.4 cm³/mol. The van der Waals surface area contributed by atoms with Crippen molar-refractivity contribution >= 4 is 17.5 Å². The maximum atomic E-state index is 12.4. The molecule has 1 saturated carbocycles. The van der Waals surface area contributed by atoms with Crippen molar-refractivity contribution in [1.29, 1.82) is 5.26 Å². The lowest BCUT2D eigenvalue weighted by Crippen LogP contribution is -2.36. The maximum absolute atomic E-state index is 12.4. The van der Waals surface area contributed by atoms with Crippen molar-refractivity contribution in [2.45, 2.75) is 51.5 Å². The van der Waals surface area contributed by atoms with E-state index in [4.69, 9.17) is 5.26 Å². The fraction of sp³-hybridized carbons (Fsp3) is 0.471. The molecule has 2 rings (SSSR count). The minimum absolute atomic E-state index is 0.0965. The van der Waals surface area contributed by atoms with Crippen molar-refractivity contribution in [2.24, 2.45) is 0 Å². The van der Waals surface area contributed by atoms with E-state index in [1.165, 1.54) is 6.42 Å². The van der Waals surface area contributed by atoms with Gasteiger partial charge in [0.1, 0.15) is 6.42 Å². The molecule has 0 spiro atoms. The Kier molecular flexibility index (Phi) is 5.54. The van der Waals surface area contributed by atoms with Gasteiger partial charge in [0.2, 0.25) is 5.91 Å². The normalized spacial score (nSPS) is 14.9.